The molecule has 0 fully saturated rings. The number of aromatic nitrogens is 1. The summed E-state index contributed by atoms with van der Waals surface area (Å²) in [5, 5.41) is 0.607. The van der Waals surface area contributed by atoms with Gasteiger partial charge in [-0.2, -0.15) is 0 Å². The van der Waals surface area contributed by atoms with Crippen molar-refractivity contribution in [3.05, 3.63) is 62.4 Å². The van der Waals surface area contributed by atoms with E-state index >= 15 is 0 Å². The highest BCUT2D eigenvalue weighted by Gasteiger charge is 2.13. The van der Waals surface area contributed by atoms with Crippen molar-refractivity contribution in [2.75, 3.05) is 0 Å². The average molecular weight is 284 g/mol. The minimum atomic E-state index is -0.668. The van der Waals surface area contributed by atoms with Crippen LogP contribution < -0.4 is 10.3 Å². The van der Waals surface area contributed by atoms with Crippen LogP contribution in [-0.2, 0) is 0 Å². The molecule has 1 aromatic heterocycles. The number of ether oxygens (including phenoxy) is 1. The molecule has 0 radical (unpaired) electrons. The van der Waals surface area contributed by atoms with Gasteiger partial charge in [-0.1, -0.05) is 29.3 Å². The highest BCUT2D eigenvalue weighted by molar-refractivity contribution is 6.36. The lowest BCUT2D eigenvalue weighted by Crippen LogP contribution is -2.13. The number of esters is 1. The van der Waals surface area contributed by atoms with Crippen LogP contribution in [0.3, 0.4) is 0 Å². The molecule has 1 aromatic carbocycles. The fourth-order valence-electron chi connectivity index (χ4n) is 1.30. The molecule has 2 rings (SSSR count). The minimum absolute atomic E-state index is 0.0542. The molecule has 0 spiro atoms. The maximum absolute atomic E-state index is 11.8. The largest absolute Gasteiger partial charge is 0.406 e. The number of nitrogens with one attached hydrogen (secondary N) is 1. The normalized spacial score (nSPS) is 10.1. The molecule has 1 N–H and O–H groups in total. The summed E-state index contributed by atoms with van der Waals surface area (Å²) in [6.07, 6.45) is 0. The molecule has 6 heteroatoms. The van der Waals surface area contributed by atoms with E-state index in [9.17, 15) is 9.59 Å². The van der Waals surface area contributed by atoms with Crippen LogP contribution in [0.1, 0.15) is 10.4 Å². The second-order valence-corrected chi connectivity index (χ2v) is 4.24. The molecular formula is C12H7Cl2NO3. The van der Waals surface area contributed by atoms with Gasteiger partial charge in [0.2, 0.25) is 5.88 Å². The highest BCUT2D eigenvalue weighted by atomic mass is 35.5. The smallest absolute Gasteiger partial charge is 0.346 e. The van der Waals surface area contributed by atoms with E-state index in [0.29, 0.717) is 5.02 Å². The zero-order valence-electron chi connectivity index (χ0n) is 8.94. The third-order valence-corrected chi connectivity index (χ3v) is 2.64. The summed E-state index contributed by atoms with van der Waals surface area (Å²) in [7, 11) is 0. The van der Waals surface area contributed by atoms with Crippen LogP contribution in [0.2, 0.25) is 10.0 Å². The van der Waals surface area contributed by atoms with Crippen molar-refractivity contribution in [3.63, 3.8) is 0 Å². The first-order valence-corrected chi connectivity index (χ1v) is 5.68. The Labute approximate surface area is 112 Å². The van der Waals surface area contributed by atoms with E-state index in [1.54, 1.807) is 0 Å². The first-order chi connectivity index (χ1) is 8.56. The van der Waals surface area contributed by atoms with Crippen molar-refractivity contribution < 1.29 is 9.53 Å². The van der Waals surface area contributed by atoms with E-state index < -0.39 is 5.97 Å². The summed E-state index contributed by atoms with van der Waals surface area (Å²) in [6, 6.07) is 8.67. The lowest BCUT2D eigenvalue weighted by Gasteiger charge is -2.05. The molecule has 0 amide bonds. The Morgan fingerprint density at radius 3 is 2.61 bits per heavy atom. The summed E-state index contributed by atoms with van der Waals surface area (Å²) in [4.78, 5) is 25.2. The summed E-state index contributed by atoms with van der Waals surface area (Å²) in [5.74, 6) is -0.614. The van der Waals surface area contributed by atoms with Crippen LogP contribution in [0, 0.1) is 0 Å². The Morgan fingerprint density at radius 2 is 1.94 bits per heavy atom. The van der Waals surface area contributed by atoms with Gasteiger partial charge in [0.1, 0.15) is 0 Å². The number of rotatable bonds is 2. The van der Waals surface area contributed by atoms with Gasteiger partial charge in [0, 0.05) is 11.1 Å². The van der Waals surface area contributed by atoms with E-state index in [-0.39, 0.29) is 22.0 Å². The molecule has 0 saturated carbocycles. The number of aromatic amines is 1. The van der Waals surface area contributed by atoms with Crippen LogP contribution in [-0.4, -0.2) is 11.0 Å². The maximum atomic E-state index is 11.8. The average Bonchev–Trinajstić information content (AvgIpc) is 2.28. The van der Waals surface area contributed by atoms with Gasteiger partial charge >= 0.3 is 5.97 Å². The lowest BCUT2D eigenvalue weighted by atomic mass is 10.2. The molecule has 0 aliphatic carbocycles. The first kappa shape index (κ1) is 12.7. The molecule has 0 bridgehead atoms. The number of benzene rings is 1. The van der Waals surface area contributed by atoms with Gasteiger partial charge in [-0.15, -0.1) is 0 Å². The predicted octanol–water partition coefficient (Wildman–Crippen LogP) is 2.90. The number of halogens is 2. The maximum Gasteiger partial charge on any atom is 0.346 e. The van der Waals surface area contributed by atoms with Crippen LogP contribution in [0.5, 0.6) is 5.88 Å². The topological polar surface area (TPSA) is 59.2 Å². The van der Waals surface area contributed by atoms with Gasteiger partial charge in [-0.3, -0.25) is 9.78 Å². The van der Waals surface area contributed by atoms with E-state index in [1.165, 1.54) is 36.4 Å². The van der Waals surface area contributed by atoms with Crippen LogP contribution in [0.4, 0.5) is 0 Å². The number of hydrogen-bond acceptors (Lipinski definition) is 3. The van der Waals surface area contributed by atoms with Crippen molar-refractivity contribution in [3.8, 4) is 5.88 Å². The van der Waals surface area contributed by atoms with Crippen molar-refractivity contribution >= 4 is 29.2 Å². The number of pyridine rings is 1. The number of hydrogen-bond donors (Lipinski definition) is 1. The summed E-state index contributed by atoms with van der Waals surface area (Å²) >= 11 is 11.6. The molecule has 0 aliphatic heterocycles. The molecule has 4 nitrogen and oxygen atoms in total. The second-order valence-electron chi connectivity index (χ2n) is 3.39. The summed E-state index contributed by atoms with van der Waals surface area (Å²) in [5.41, 5.74) is -0.187. The fourth-order valence-corrected chi connectivity index (χ4v) is 1.78. The molecule has 0 saturated heterocycles. The minimum Gasteiger partial charge on any atom is -0.406 e. The van der Waals surface area contributed by atoms with Crippen molar-refractivity contribution in [2.45, 2.75) is 0 Å². The van der Waals surface area contributed by atoms with Crippen molar-refractivity contribution in [1.29, 1.82) is 0 Å². The number of H-pyrrole nitrogens is 1. The van der Waals surface area contributed by atoms with Gasteiger partial charge in [0.05, 0.1) is 10.6 Å². The van der Waals surface area contributed by atoms with Gasteiger partial charge in [-0.25, -0.2) is 4.79 Å². The zero-order valence-corrected chi connectivity index (χ0v) is 10.5. The summed E-state index contributed by atoms with van der Waals surface area (Å²) < 4.78 is 4.98. The number of carbonyl (C=O) groups is 1. The molecule has 0 unspecified atom stereocenters. The molecule has 0 aliphatic rings. The Kier molecular flexibility index (Phi) is 3.69. The van der Waals surface area contributed by atoms with Crippen molar-refractivity contribution in [1.82, 2.24) is 4.98 Å². The van der Waals surface area contributed by atoms with E-state index in [2.05, 4.69) is 4.98 Å². The quantitative estimate of drug-likeness (QED) is 0.862. The lowest BCUT2D eigenvalue weighted by molar-refractivity contribution is 0.0727. The SMILES string of the molecule is O=C(Oc1cccc(=O)[nH]1)c1ccc(Cl)cc1Cl. The molecule has 1 heterocycles. The third kappa shape index (κ3) is 2.91. The standard InChI is InChI=1S/C12H7Cl2NO3/c13-7-4-5-8(9(14)6-7)12(17)18-11-3-1-2-10(16)15-11/h1-6H,(H,15,16). The molecule has 92 valence electrons. The second kappa shape index (κ2) is 5.25. The Hall–Kier alpha value is -1.78. The van der Waals surface area contributed by atoms with Crippen molar-refractivity contribution in [2.24, 2.45) is 0 Å². The van der Waals surface area contributed by atoms with Gasteiger partial charge < -0.3 is 4.74 Å². The van der Waals surface area contributed by atoms with E-state index in [4.69, 9.17) is 27.9 Å². The molecular weight excluding hydrogens is 277 g/mol. The highest BCUT2D eigenvalue weighted by Crippen LogP contribution is 2.22. The van der Waals surface area contributed by atoms with Gasteiger partial charge in [0.25, 0.3) is 5.56 Å². The van der Waals surface area contributed by atoms with Gasteiger partial charge in [-0.05, 0) is 24.3 Å². The predicted molar refractivity (Wildman–Crippen MR) is 68.5 cm³/mol. The van der Waals surface area contributed by atoms with Crippen LogP contribution in [0.15, 0.2) is 41.2 Å². The Morgan fingerprint density at radius 1 is 1.17 bits per heavy atom. The Balaban J connectivity index is 2.25. The molecule has 0 atom stereocenters. The van der Waals surface area contributed by atoms with Crippen LogP contribution >= 0.6 is 23.2 Å². The molecule has 18 heavy (non-hydrogen) atoms. The van der Waals surface area contributed by atoms with E-state index in [0.717, 1.165) is 0 Å². The zero-order chi connectivity index (χ0) is 13.1. The van der Waals surface area contributed by atoms with E-state index in [1.807, 2.05) is 0 Å². The number of carbonyl (C=O) groups excluding carboxylic acids is 1. The van der Waals surface area contributed by atoms with Crippen LogP contribution in [0.25, 0.3) is 0 Å². The molecule has 2 aromatic rings. The Bertz CT molecular complexity index is 652. The van der Waals surface area contributed by atoms with Gasteiger partial charge in [0.15, 0.2) is 0 Å². The first-order valence-electron chi connectivity index (χ1n) is 4.93. The summed E-state index contributed by atoms with van der Waals surface area (Å²) in [6.45, 7) is 0. The third-order valence-electron chi connectivity index (χ3n) is 2.10. The fraction of sp³-hybridized carbons (Fsp3) is 0. The monoisotopic (exact) mass is 283 g/mol.